The maximum absolute atomic E-state index is 5.70. The zero-order valence-corrected chi connectivity index (χ0v) is 12.3. The van der Waals surface area contributed by atoms with Crippen LogP contribution in [0.15, 0.2) is 12.3 Å². The number of nitrogens with two attached hydrogens (primary N) is 1. The van der Waals surface area contributed by atoms with E-state index in [1.807, 2.05) is 0 Å². The van der Waals surface area contributed by atoms with Crippen LogP contribution in [0.2, 0.25) is 0 Å². The number of hydrogen-bond acceptors (Lipinski definition) is 3. The van der Waals surface area contributed by atoms with Crippen LogP contribution in [-0.4, -0.2) is 15.8 Å². The third-order valence-corrected chi connectivity index (χ3v) is 4.44. The maximum Gasteiger partial charge on any atom is 0.0640 e. The van der Waals surface area contributed by atoms with E-state index >= 15 is 0 Å². The van der Waals surface area contributed by atoms with Crippen LogP contribution >= 0.6 is 0 Å². The fourth-order valence-electron chi connectivity index (χ4n) is 3.16. The Morgan fingerprint density at radius 2 is 2.21 bits per heavy atom. The van der Waals surface area contributed by atoms with Gasteiger partial charge in [-0.25, -0.2) is 0 Å². The third-order valence-electron chi connectivity index (χ3n) is 4.44. The van der Waals surface area contributed by atoms with Crippen LogP contribution in [0.25, 0.3) is 0 Å². The molecule has 1 saturated carbocycles. The molecule has 1 fully saturated rings. The van der Waals surface area contributed by atoms with Crippen LogP contribution < -0.4 is 11.3 Å². The summed E-state index contributed by atoms with van der Waals surface area (Å²) in [5, 5.41) is 4.74. The monoisotopic (exact) mass is 264 g/mol. The molecule has 0 saturated heterocycles. The molecular weight excluding hydrogens is 236 g/mol. The van der Waals surface area contributed by atoms with Crippen molar-refractivity contribution in [1.29, 1.82) is 0 Å². The minimum absolute atomic E-state index is 0.326. The van der Waals surface area contributed by atoms with Gasteiger partial charge in [-0.2, -0.15) is 5.10 Å². The average Bonchev–Trinajstić information content (AvgIpc) is 3.06. The molecule has 1 aromatic heterocycles. The summed E-state index contributed by atoms with van der Waals surface area (Å²) >= 11 is 0. The van der Waals surface area contributed by atoms with Crippen molar-refractivity contribution in [3.8, 4) is 0 Å². The van der Waals surface area contributed by atoms with Crippen LogP contribution in [0.1, 0.15) is 64.1 Å². The van der Waals surface area contributed by atoms with Crippen molar-refractivity contribution < 1.29 is 0 Å². The Kier molecular flexibility index (Phi) is 5.40. The molecule has 2 rings (SSSR count). The van der Waals surface area contributed by atoms with Gasteiger partial charge >= 0.3 is 0 Å². The number of hydrazine groups is 1. The first-order valence-corrected chi connectivity index (χ1v) is 7.74. The summed E-state index contributed by atoms with van der Waals surface area (Å²) in [5.74, 6) is 6.29. The molecule has 1 aliphatic rings. The quantitative estimate of drug-likeness (QED) is 0.588. The molecule has 4 nitrogen and oxygen atoms in total. The topological polar surface area (TPSA) is 55.9 Å². The van der Waals surface area contributed by atoms with E-state index in [1.54, 1.807) is 0 Å². The zero-order valence-electron chi connectivity index (χ0n) is 12.3. The Balaban J connectivity index is 1.93. The van der Waals surface area contributed by atoms with Gasteiger partial charge in [0.1, 0.15) is 0 Å². The molecule has 0 spiro atoms. The molecule has 0 radical (unpaired) electrons. The summed E-state index contributed by atoms with van der Waals surface area (Å²) in [6.45, 7) is 4.49. The molecule has 0 aromatic carbocycles. The average molecular weight is 264 g/mol. The molecule has 4 heteroatoms. The van der Waals surface area contributed by atoms with Crippen LogP contribution in [0.4, 0.5) is 0 Å². The first-order chi connectivity index (χ1) is 9.24. The Morgan fingerprint density at radius 3 is 2.84 bits per heavy atom. The summed E-state index contributed by atoms with van der Waals surface area (Å²) in [6.07, 6.45) is 10.7. The van der Waals surface area contributed by atoms with Gasteiger partial charge in [-0.05, 0) is 31.2 Å². The Morgan fingerprint density at radius 1 is 1.47 bits per heavy atom. The number of rotatable bonds is 7. The molecule has 19 heavy (non-hydrogen) atoms. The van der Waals surface area contributed by atoms with Gasteiger partial charge in [-0.3, -0.25) is 16.0 Å². The second-order valence-electron chi connectivity index (χ2n) is 5.97. The molecule has 108 valence electrons. The van der Waals surface area contributed by atoms with Gasteiger partial charge in [0.15, 0.2) is 0 Å². The van der Waals surface area contributed by atoms with Crippen molar-refractivity contribution in [2.24, 2.45) is 11.8 Å². The number of hydrogen-bond donors (Lipinski definition) is 2. The first kappa shape index (κ1) is 14.5. The lowest BCUT2D eigenvalue weighted by atomic mass is 9.94. The minimum Gasteiger partial charge on any atom is -0.271 e. The minimum atomic E-state index is 0.326. The summed E-state index contributed by atoms with van der Waals surface area (Å²) in [7, 11) is 0. The van der Waals surface area contributed by atoms with Crippen molar-refractivity contribution in [3.63, 3.8) is 0 Å². The largest absolute Gasteiger partial charge is 0.271 e. The fraction of sp³-hybridized carbons (Fsp3) is 0.800. The van der Waals surface area contributed by atoms with E-state index in [0.717, 1.165) is 12.1 Å². The second-order valence-corrected chi connectivity index (χ2v) is 5.97. The Bertz CT molecular complexity index is 368. The summed E-state index contributed by atoms with van der Waals surface area (Å²) < 4.78 is 2.17. The molecule has 1 aliphatic carbocycles. The molecule has 2 unspecified atom stereocenters. The van der Waals surface area contributed by atoms with E-state index < -0.39 is 0 Å². The van der Waals surface area contributed by atoms with Gasteiger partial charge in [0.2, 0.25) is 0 Å². The lowest BCUT2D eigenvalue weighted by Gasteiger charge is -2.22. The van der Waals surface area contributed by atoms with Gasteiger partial charge in [-0.15, -0.1) is 0 Å². The third kappa shape index (κ3) is 3.80. The molecule has 2 atom stereocenters. The van der Waals surface area contributed by atoms with Crippen molar-refractivity contribution in [2.45, 2.75) is 70.9 Å². The number of nitrogens with zero attached hydrogens (tertiary/aromatic N) is 2. The van der Waals surface area contributed by atoms with Crippen LogP contribution in [0.5, 0.6) is 0 Å². The van der Waals surface area contributed by atoms with Crippen molar-refractivity contribution in [1.82, 2.24) is 15.2 Å². The highest BCUT2D eigenvalue weighted by atomic mass is 15.3. The van der Waals surface area contributed by atoms with Crippen LogP contribution in [-0.2, 0) is 6.42 Å². The Labute approximate surface area is 116 Å². The highest BCUT2D eigenvalue weighted by Crippen LogP contribution is 2.28. The first-order valence-electron chi connectivity index (χ1n) is 7.74. The van der Waals surface area contributed by atoms with E-state index in [4.69, 9.17) is 10.9 Å². The molecule has 0 amide bonds. The van der Waals surface area contributed by atoms with Crippen molar-refractivity contribution >= 4 is 0 Å². The molecular formula is C15H28N4. The van der Waals surface area contributed by atoms with E-state index in [0.29, 0.717) is 18.0 Å². The highest BCUT2D eigenvalue weighted by Gasteiger charge is 2.20. The van der Waals surface area contributed by atoms with E-state index in [2.05, 4.69) is 36.2 Å². The molecule has 1 heterocycles. The van der Waals surface area contributed by atoms with E-state index in [1.165, 1.54) is 38.5 Å². The summed E-state index contributed by atoms with van der Waals surface area (Å²) in [6, 6.07) is 3.11. The van der Waals surface area contributed by atoms with Crippen molar-refractivity contribution in [3.05, 3.63) is 18.0 Å². The van der Waals surface area contributed by atoms with Crippen molar-refractivity contribution in [2.75, 3.05) is 0 Å². The van der Waals surface area contributed by atoms with E-state index in [9.17, 15) is 0 Å². The predicted molar refractivity (Wildman–Crippen MR) is 78.6 cm³/mol. The second kappa shape index (κ2) is 7.06. The molecule has 3 N–H and O–H groups in total. The fourth-order valence-corrected chi connectivity index (χ4v) is 3.16. The van der Waals surface area contributed by atoms with Gasteiger partial charge in [0.25, 0.3) is 0 Å². The summed E-state index contributed by atoms with van der Waals surface area (Å²) in [4.78, 5) is 0. The normalized spacial score (nSPS) is 19.7. The van der Waals surface area contributed by atoms with Gasteiger partial charge in [0.05, 0.1) is 11.7 Å². The zero-order chi connectivity index (χ0) is 13.7. The van der Waals surface area contributed by atoms with Crippen LogP contribution in [0.3, 0.4) is 0 Å². The van der Waals surface area contributed by atoms with Gasteiger partial charge < -0.3 is 0 Å². The maximum atomic E-state index is 5.70. The van der Waals surface area contributed by atoms with Gasteiger partial charge in [0, 0.05) is 18.7 Å². The molecule has 0 bridgehead atoms. The SMILES string of the molecule is CCCC(C)C(Cc1ccn(C2CCCC2)n1)NN. The Hall–Kier alpha value is -0.870. The van der Waals surface area contributed by atoms with Crippen LogP contribution in [0, 0.1) is 5.92 Å². The van der Waals surface area contributed by atoms with Gasteiger partial charge in [-0.1, -0.05) is 33.1 Å². The lowest BCUT2D eigenvalue weighted by molar-refractivity contribution is 0.352. The number of aromatic nitrogens is 2. The predicted octanol–water partition coefficient (Wildman–Crippen LogP) is 2.81. The lowest BCUT2D eigenvalue weighted by Crippen LogP contribution is -2.41. The molecule has 0 aliphatic heterocycles. The summed E-state index contributed by atoms with van der Waals surface area (Å²) in [5.41, 5.74) is 4.13. The van der Waals surface area contributed by atoms with E-state index in [-0.39, 0.29) is 0 Å². The molecule has 1 aromatic rings. The highest BCUT2D eigenvalue weighted by molar-refractivity contribution is 5.03. The smallest absolute Gasteiger partial charge is 0.0640 e. The number of nitrogens with one attached hydrogen (secondary N) is 1. The standard InChI is InChI=1S/C15H28N4/c1-3-6-12(2)15(17-16)11-13-9-10-19(18-13)14-7-4-5-8-14/h9-10,12,14-15,17H,3-8,11,16H2,1-2H3.